The molecule has 1 fully saturated rings. The van der Waals surface area contributed by atoms with Gasteiger partial charge in [-0.1, -0.05) is 0 Å². The number of nitrogens with zero attached hydrogens (tertiary/aromatic N) is 5. The number of benzene rings is 1. The molecule has 0 spiro atoms. The quantitative estimate of drug-likeness (QED) is 0.570. The van der Waals surface area contributed by atoms with Crippen molar-refractivity contribution in [2.75, 3.05) is 25.5 Å². The number of nitrogens with one attached hydrogen (secondary N) is 2. The summed E-state index contributed by atoms with van der Waals surface area (Å²) in [6.07, 6.45) is 5.66. The molecule has 3 aromatic rings. The Morgan fingerprint density at radius 2 is 1.94 bits per heavy atom. The first-order valence-corrected chi connectivity index (χ1v) is 10.2. The summed E-state index contributed by atoms with van der Waals surface area (Å²) in [6.45, 7) is 7.20. The number of hydrogen-bond acceptors (Lipinski definition) is 8. The molecule has 31 heavy (non-hydrogen) atoms. The van der Waals surface area contributed by atoms with Gasteiger partial charge in [-0.25, -0.2) is 9.97 Å². The first kappa shape index (κ1) is 22.1. The second kappa shape index (κ2) is 10.4. The Morgan fingerprint density at radius 3 is 2.52 bits per heavy atom. The number of hydrogen-bond donors (Lipinski definition) is 3. The summed E-state index contributed by atoms with van der Waals surface area (Å²) in [6, 6.07) is 9.27. The third-order valence-corrected chi connectivity index (χ3v) is 4.95. The second-order valence-electron chi connectivity index (χ2n) is 7.41. The average molecular weight is 422 g/mol. The van der Waals surface area contributed by atoms with Crippen molar-refractivity contribution in [1.82, 2.24) is 25.1 Å². The Morgan fingerprint density at radius 1 is 1.16 bits per heavy atom. The molecule has 0 aliphatic carbocycles. The lowest BCUT2D eigenvalue weighted by Gasteiger charge is -2.18. The molecule has 9 heteroatoms. The molecule has 0 saturated carbocycles. The topological polar surface area (TPSA) is 123 Å². The number of ether oxygens (including phenoxy) is 1. The first-order chi connectivity index (χ1) is 15.0. The Balaban J connectivity index is 0.000000287. The molecule has 0 radical (unpaired) electrons. The van der Waals surface area contributed by atoms with Gasteiger partial charge in [-0.15, -0.1) is 0 Å². The van der Waals surface area contributed by atoms with E-state index in [4.69, 9.17) is 10.00 Å². The molecule has 3 heterocycles. The van der Waals surface area contributed by atoms with Gasteiger partial charge >= 0.3 is 0 Å². The third-order valence-electron chi connectivity index (χ3n) is 4.95. The van der Waals surface area contributed by atoms with Crippen LogP contribution in [0, 0.1) is 11.3 Å². The van der Waals surface area contributed by atoms with Crippen LogP contribution in [0.5, 0.6) is 11.5 Å². The van der Waals surface area contributed by atoms with Gasteiger partial charge in [0, 0.05) is 23.7 Å². The number of phenolic OH excluding ortho intramolecular Hbond substituents is 1. The van der Waals surface area contributed by atoms with Crippen LogP contribution in [0.1, 0.15) is 32.4 Å². The molecule has 2 aromatic heterocycles. The number of aromatic hydroxyl groups is 1. The molecule has 0 unspecified atom stereocenters. The highest BCUT2D eigenvalue weighted by Gasteiger charge is 2.13. The number of methoxy groups -OCH3 is 1. The smallest absolute Gasteiger partial charge is 0.158 e. The summed E-state index contributed by atoms with van der Waals surface area (Å²) in [5, 5.41) is 28.2. The zero-order valence-corrected chi connectivity index (χ0v) is 18.0. The predicted molar refractivity (Wildman–Crippen MR) is 118 cm³/mol. The largest absolute Gasteiger partial charge is 0.508 e. The van der Waals surface area contributed by atoms with Crippen LogP contribution in [-0.2, 0) is 0 Å². The highest BCUT2D eigenvalue weighted by Crippen LogP contribution is 2.32. The monoisotopic (exact) mass is 421 g/mol. The SMILES string of the molecule is CC(C)N1CCCC1.COc1cc(O)ccc1-c1cc(Nc2cnc(C#N)cn2)n[nH]1. The Hall–Kier alpha value is -3.64. The molecular formula is C22H27N7O2. The van der Waals surface area contributed by atoms with E-state index < -0.39 is 0 Å². The molecule has 0 amide bonds. The number of aromatic amines is 1. The van der Waals surface area contributed by atoms with Crippen molar-refractivity contribution in [3.8, 4) is 28.8 Å². The Labute approximate surface area is 181 Å². The summed E-state index contributed by atoms with van der Waals surface area (Å²) in [7, 11) is 1.53. The summed E-state index contributed by atoms with van der Waals surface area (Å²) >= 11 is 0. The van der Waals surface area contributed by atoms with E-state index in [0.29, 0.717) is 23.1 Å². The van der Waals surface area contributed by atoms with E-state index in [2.05, 4.69) is 44.2 Å². The van der Waals surface area contributed by atoms with Crippen LogP contribution in [0.4, 0.5) is 11.6 Å². The second-order valence-corrected chi connectivity index (χ2v) is 7.41. The fraction of sp³-hybridized carbons (Fsp3) is 0.364. The summed E-state index contributed by atoms with van der Waals surface area (Å²) < 4.78 is 5.25. The van der Waals surface area contributed by atoms with Gasteiger partial charge in [0.1, 0.15) is 23.4 Å². The summed E-state index contributed by atoms with van der Waals surface area (Å²) in [4.78, 5) is 10.5. The zero-order valence-electron chi connectivity index (χ0n) is 18.0. The number of H-pyrrole nitrogens is 1. The zero-order chi connectivity index (χ0) is 22.2. The van der Waals surface area contributed by atoms with Gasteiger partial charge in [-0.05, 0) is 51.9 Å². The maximum absolute atomic E-state index is 9.50. The Bertz CT molecular complexity index is 1020. The third kappa shape index (κ3) is 5.93. The maximum atomic E-state index is 9.50. The van der Waals surface area contributed by atoms with Gasteiger partial charge in [0.15, 0.2) is 11.5 Å². The van der Waals surface area contributed by atoms with E-state index in [1.165, 1.54) is 51.5 Å². The van der Waals surface area contributed by atoms with Crippen LogP contribution in [0.2, 0.25) is 0 Å². The summed E-state index contributed by atoms with van der Waals surface area (Å²) in [5.74, 6) is 1.66. The van der Waals surface area contributed by atoms with Gasteiger partial charge in [0.2, 0.25) is 0 Å². The van der Waals surface area contributed by atoms with E-state index >= 15 is 0 Å². The number of nitriles is 1. The van der Waals surface area contributed by atoms with Crippen LogP contribution >= 0.6 is 0 Å². The van der Waals surface area contributed by atoms with Crippen LogP contribution in [0.15, 0.2) is 36.7 Å². The molecule has 3 N–H and O–H groups in total. The number of aromatic nitrogens is 4. The van der Waals surface area contributed by atoms with E-state index in [1.54, 1.807) is 18.2 Å². The van der Waals surface area contributed by atoms with Crippen molar-refractivity contribution in [3.63, 3.8) is 0 Å². The minimum Gasteiger partial charge on any atom is -0.508 e. The summed E-state index contributed by atoms with van der Waals surface area (Å²) in [5.41, 5.74) is 1.72. The minimum atomic E-state index is 0.122. The molecule has 4 rings (SSSR count). The fourth-order valence-electron chi connectivity index (χ4n) is 3.27. The number of rotatable bonds is 5. The van der Waals surface area contributed by atoms with Crippen molar-refractivity contribution in [2.24, 2.45) is 0 Å². The van der Waals surface area contributed by atoms with Gasteiger partial charge in [0.25, 0.3) is 0 Å². The van der Waals surface area contributed by atoms with Crippen molar-refractivity contribution >= 4 is 11.6 Å². The molecule has 1 aliphatic heterocycles. The van der Waals surface area contributed by atoms with Gasteiger partial charge < -0.3 is 20.1 Å². The van der Waals surface area contributed by atoms with E-state index in [9.17, 15) is 5.11 Å². The van der Waals surface area contributed by atoms with Crippen LogP contribution in [0.25, 0.3) is 11.3 Å². The molecule has 1 aliphatic rings. The van der Waals surface area contributed by atoms with Crippen molar-refractivity contribution < 1.29 is 9.84 Å². The van der Waals surface area contributed by atoms with Gasteiger partial charge in [-0.2, -0.15) is 10.4 Å². The van der Waals surface area contributed by atoms with Crippen molar-refractivity contribution in [3.05, 3.63) is 42.4 Å². The fourth-order valence-corrected chi connectivity index (χ4v) is 3.27. The molecule has 1 saturated heterocycles. The van der Waals surface area contributed by atoms with E-state index in [0.717, 1.165) is 11.6 Å². The lowest BCUT2D eigenvalue weighted by molar-refractivity contribution is 0.276. The lowest BCUT2D eigenvalue weighted by atomic mass is 10.1. The maximum Gasteiger partial charge on any atom is 0.158 e. The van der Waals surface area contributed by atoms with E-state index in [1.807, 2.05) is 6.07 Å². The van der Waals surface area contributed by atoms with Crippen LogP contribution < -0.4 is 10.1 Å². The molecule has 162 valence electrons. The van der Waals surface area contributed by atoms with Crippen LogP contribution in [-0.4, -0.2) is 56.4 Å². The van der Waals surface area contributed by atoms with Gasteiger partial charge in [-0.3, -0.25) is 5.10 Å². The standard InChI is InChI=1S/C15H12N6O2.C7H15N/c1-23-13-4-10(22)2-3-11(13)12-5-14(21-20-12)19-15-8-17-9(6-16)7-18-15;1-7(2)8-5-3-4-6-8/h2-5,7-8,22H,1H3,(H2,18,19,20,21);7H,3-6H2,1-2H3. The number of phenols is 1. The molecule has 0 bridgehead atoms. The highest BCUT2D eigenvalue weighted by atomic mass is 16.5. The van der Waals surface area contributed by atoms with Crippen molar-refractivity contribution in [1.29, 1.82) is 5.26 Å². The molecule has 9 nitrogen and oxygen atoms in total. The minimum absolute atomic E-state index is 0.122. The Kier molecular flexibility index (Phi) is 7.40. The molecule has 1 aromatic carbocycles. The van der Waals surface area contributed by atoms with E-state index in [-0.39, 0.29) is 11.4 Å². The molecule has 0 atom stereocenters. The van der Waals surface area contributed by atoms with Gasteiger partial charge in [0.05, 0.1) is 25.2 Å². The highest BCUT2D eigenvalue weighted by molar-refractivity contribution is 5.71. The molecular weight excluding hydrogens is 394 g/mol. The van der Waals surface area contributed by atoms with Crippen LogP contribution in [0.3, 0.4) is 0 Å². The van der Waals surface area contributed by atoms with Crippen molar-refractivity contribution in [2.45, 2.75) is 32.7 Å². The number of likely N-dealkylation sites (tertiary alicyclic amines) is 1. The average Bonchev–Trinajstić information content (AvgIpc) is 3.47. The lowest BCUT2D eigenvalue weighted by Crippen LogP contribution is -2.26. The predicted octanol–water partition coefficient (Wildman–Crippen LogP) is 3.69. The first-order valence-electron chi connectivity index (χ1n) is 10.2. The number of anilines is 2. The normalized spacial score (nSPS) is 13.4.